The van der Waals surface area contributed by atoms with Gasteiger partial charge in [-0.25, -0.2) is 0 Å². The van der Waals surface area contributed by atoms with E-state index in [9.17, 15) is 9.59 Å². The smallest absolute Gasteiger partial charge is 0.237 e. The lowest BCUT2D eigenvalue weighted by molar-refractivity contribution is -0.149. The Morgan fingerprint density at radius 1 is 1.22 bits per heavy atom. The van der Waals surface area contributed by atoms with Crippen LogP contribution in [0.4, 0.5) is 0 Å². The van der Waals surface area contributed by atoms with Crippen molar-refractivity contribution in [2.75, 3.05) is 13.1 Å². The number of nitrogens with zero attached hydrogens (tertiary/aromatic N) is 1. The highest BCUT2D eigenvalue weighted by molar-refractivity contribution is 6.04. The Bertz CT molecular complexity index is 307. The number of piperidine rings is 1. The molecule has 4 nitrogen and oxygen atoms in total. The van der Waals surface area contributed by atoms with Gasteiger partial charge in [0, 0.05) is 19.1 Å². The van der Waals surface area contributed by atoms with Gasteiger partial charge in [-0.05, 0) is 46.5 Å². The molecule has 1 rings (SSSR count). The number of hydrogen-bond acceptors (Lipinski definition) is 2. The third kappa shape index (κ3) is 3.47. The molecule has 1 aliphatic rings. The van der Waals surface area contributed by atoms with E-state index in [1.807, 2.05) is 18.7 Å². The molecular weight excluding hydrogens is 228 g/mol. The normalized spacial score (nSPS) is 18.3. The molecule has 2 amide bonds. The molecule has 1 heterocycles. The highest BCUT2D eigenvalue weighted by Gasteiger charge is 2.39. The minimum Gasteiger partial charge on any atom is -0.353 e. The number of amides is 2. The average Bonchev–Trinajstić information content (AvgIpc) is 2.38. The zero-order valence-electron chi connectivity index (χ0n) is 12.1. The van der Waals surface area contributed by atoms with Crippen LogP contribution in [0.5, 0.6) is 0 Å². The molecular formula is C14H26N2O2. The monoisotopic (exact) mass is 254 g/mol. The molecule has 0 spiro atoms. The molecule has 18 heavy (non-hydrogen) atoms. The number of carbonyl (C=O) groups is 2. The first-order valence-corrected chi connectivity index (χ1v) is 7.00. The Morgan fingerprint density at radius 2 is 1.78 bits per heavy atom. The van der Waals surface area contributed by atoms with Crippen LogP contribution >= 0.6 is 0 Å². The van der Waals surface area contributed by atoms with Crippen molar-refractivity contribution >= 4 is 11.8 Å². The quantitative estimate of drug-likeness (QED) is 0.779. The van der Waals surface area contributed by atoms with Gasteiger partial charge in [-0.15, -0.1) is 0 Å². The molecule has 0 aromatic carbocycles. The van der Waals surface area contributed by atoms with E-state index in [4.69, 9.17) is 0 Å². The summed E-state index contributed by atoms with van der Waals surface area (Å²) in [6, 6.07) is 0.117. The fourth-order valence-electron chi connectivity index (χ4n) is 2.10. The van der Waals surface area contributed by atoms with Gasteiger partial charge in [0.15, 0.2) is 0 Å². The number of likely N-dealkylation sites (tertiary alicyclic amines) is 1. The van der Waals surface area contributed by atoms with Gasteiger partial charge in [-0.1, -0.05) is 6.92 Å². The topological polar surface area (TPSA) is 49.4 Å². The van der Waals surface area contributed by atoms with Crippen molar-refractivity contribution in [3.8, 4) is 0 Å². The van der Waals surface area contributed by atoms with Crippen LogP contribution in [0.2, 0.25) is 0 Å². The summed E-state index contributed by atoms with van der Waals surface area (Å²) >= 11 is 0. The predicted molar refractivity (Wildman–Crippen MR) is 72.1 cm³/mol. The standard InChI is InChI=1S/C14H26N2O2/c1-5-11(2)15-12(17)14(3,4)13(18)16-9-7-6-8-10-16/h11H,5-10H2,1-4H3,(H,15,17). The maximum atomic E-state index is 12.4. The van der Waals surface area contributed by atoms with Gasteiger partial charge in [0.2, 0.25) is 11.8 Å². The van der Waals surface area contributed by atoms with E-state index in [-0.39, 0.29) is 17.9 Å². The fraction of sp³-hybridized carbons (Fsp3) is 0.857. The molecule has 0 aliphatic carbocycles. The fourth-order valence-corrected chi connectivity index (χ4v) is 2.10. The number of hydrogen-bond donors (Lipinski definition) is 1. The molecule has 0 aromatic rings. The lowest BCUT2D eigenvalue weighted by atomic mass is 9.89. The second kappa shape index (κ2) is 6.21. The van der Waals surface area contributed by atoms with Crippen molar-refractivity contribution < 1.29 is 9.59 Å². The van der Waals surface area contributed by atoms with E-state index in [2.05, 4.69) is 5.32 Å². The summed E-state index contributed by atoms with van der Waals surface area (Å²) in [6.07, 6.45) is 4.16. The minimum atomic E-state index is -0.958. The van der Waals surface area contributed by atoms with Crippen LogP contribution in [0.3, 0.4) is 0 Å². The minimum absolute atomic E-state index is 0.0389. The largest absolute Gasteiger partial charge is 0.353 e. The van der Waals surface area contributed by atoms with E-state index in [1.165, 1.54) is 6.42 Å². The molecule has 1 saturated heterocycles. The molecule has 1 unspecified atom stereocenters. The number of carbonyl (C=O) groups excluding carboxylic acids is 2. The zero-order chi connectivity index (χ0) is 13.8. The van der Waals surface area contributed by atoms with E-state index < -0.39 is 5.41 Å². The molecule has 0 radical (unpaired) electrons. The van der Waals surface area contributed by atoms with Crippen molar-refractivity contribution in [3.63, 3.8) is 0 Å². The van der Waals surface area contributed by atoms with Crippen LogP contribution in [0, 0.1) is 5.41 Å². The first-order chi connectivity index (χ1) is 8.39. The molecule has 104 valence electrons. The van der Waals surface area contributed by atoms with Crippen molar-refractivity contribution in [2.45, 2.75) is 59.4 Å². The van der Waals surface area contributed by atoms with Gasteiger partial charge < -0.3 is 10.2 Å². The molecule has 1 fully saturated rings. The van der Waals surface area contributed by atoms with E-state index in [1.54, 1.807) is 13.8 Å². The summed E-state index contributed by atoms with van der Waals surface area (Å²) in [5.41, 5.74) is -0.958. The van der Waals surface area contributed by atoms with Gasteiger partial charge in [-0.3, -0.25) is 9.59 Å². The van der Waals surface area contributed by atoms with Crippen molar-refractivity contribution in [1.29, 1.82) is 0 Å². The third-order valence-electron chi connectivity index (χ3n) is 3.74. The molecule has 0 bridgehead atoms. The van der Waals surface area contributed by atoms with Crippen LogP contribution in [-0.4, -0.2) is 35.8 Å². The van der Waals surface area contributed by atoms with Crippen LogP contribution in [-0.2, 0) is 9.59 Å². The Morgan fingerprint density at radius 3 is 2.28 bits per heavy atom. The molecule has 4 heteroatoms. The summed E-state index contributed by atoms with van der Waals surface area (Å²) in [4.78, 5) is 26.4. The Hall–Kier alpha value is -1.06. The maximum Gasteiger partial charge on any atom is 0.237 e. The summed E-state index contributed by atoms with van der Waals surface area (Å²) < 4.78 is 0. The Balaban J connectivity index is 2.65. The van der Waals surface area contributed by atoms with Crippen molar-refractivity contribution in [1.82, 2.24) is 10.2 Å². The number of rotatable bonds is 4. The summed E-state index contributed by atoms with van der Waals surface area (Å²) in [5, 5.41) is 2.90. The van der Waals surface area contributed by atoms with Gasteiger partial charge in [-0.2, -0.15) is 0 Å². The molecule has 1 aliphatic heterocycles. The highest BCUT2D eigenvalue weighted by Crippen LogP contribution is 2.22. The van der Waals surface area contributed by atoms with Crippen LogP contribution in [0.15, 0.2) is 0 Å². The van der Waals surface area contributed by atoms with Gasteiger partial charge >= 0.3 is 0 Å². The maximum absolute atomic E-state index is 12.4. The van der Waals surface area contributed by atoms with Gasteiger partial charge in [0.1, 0.15) is 5.41 Å². The molecule has 0 aromatic heterocycles. The highest BCUT2D eigenvalue weighted by atomic mass is 16.2. The second-order valence-electron chi connectivity index (χ2n) is 5.76. The van der Waals surface area contributed by atoms with Crippen LogP contribution in [0.1, 0.15) is 53.4 Å². The molecule has 1 atom stereocenters. The SMILES string of the molecule is CCC(C)NC(=O)C(C)(C)C(=O)N1CCCCC1. The Labute approximate surface area is 110 Å². The third-order valence-corrected chi connectivity index (χ3v) is 3.74. The van der Waals surface area contributed by atoms with Crippen LogP contribution in [0.25, 0.3) is 0 Å². The zero-order valence-corrected chi connectivity index (χ0v) is 12.1. The second-order valence-corrected chi connectivity index (χ2v) is 5.76. The Kier molecular flexibility index (Phi) is 5.17. The first-order valence-electron chi connectivity index (χ1n) is 7.00. The van der Waals surface area contributed by atoms with E-state index in [0.29, 0.717) is 0 Å². The number of nitrogens with one attached hydrogen (secondary N) is 1. The summed E-state index contributed by atoms with van der Waals surface area (Å²) in [5.74, 6) is -0.199. The molecule has 0 saturated carbocycles. The lowest BCUT2D eigenvalue weighted by Crippen LogP contribution is -2.52. The summed E-state index contributed by atoms with van der Waals surface area (Å²) in [6.45, 7) is 9.00. The average molecular weight is 254 g/mol. The van der Waals surface area contributed by atoms with Gasteiger partial charge in [0.05, 0.1) is 0 Å². The van der Waals surface area contributed by atoms with Crippen molar-refractivity contribution in [3.05, 3.63) is 0 Å². The summed E-state index contributed by atoms with van der Waals surface area (Å²) in [7, 11) is 0. The van der Waals surface area contributed by atoms with Gasteiger partial charge in [0.25, 0.3) is 0 Å². The van der Waals surface area contributed by atoms with E-state index >= 15 is 0 Å². The first kappa shape index (κ1) is 15.0. The predicted octanol–water partition coefficient (Wildman–Crippen LogP) is 1.94. The molecule has 1 N–H and O–H groups in total. The van der Waals surface area contributed by atoms with Crippen LogP contribution < -0.4 is 5.32 Å². The van der Waals surface area contributed by atoms with E-state index in [0.717, 1.165) is 32.4 Å². The van der Waals surface area contributed by atoms with Crippen molar-refractivity contribution in [2.24, 2.45) is 5.41 Å². The lowest BCUT2D eigenvalue weighted by Gasteiger charge is -2.34.